The van der Waals surface area contributed by atoms with Crippen LogP contribution in [0.2, 0.25) is 0 Å². The van der Waals surface area contributed by atoms with Gasteiger partial charge in [0, 0.05) is 0 Å². The largest absolute Gasteiger partial charge is 0.371 e. The lowest BCUT2D eigenvalue weighted by molar-refractivity contribution is 0.535. The summed E-state index contributed by atoms with van der Waals surface area (Å²) in [5.74, 6) is 1.89. The molecule has 0 aliphatic carbocycles. The molecule has 0 unspecified atom stereocenters. The second-order valence-electron chi connectivity index (χ2n) is 5.18. The molecule has 17 heavy (non-hydrogen) atoms. The fourth-order valence-electron chi connectivity index (χ4n) is 2.39. The minimum absolute atomic E-state index is 0.192. The number of fused-ring (bicyclic) bond motifs is 3. The van der Waals surface area contributed by atoms with Crippen LogP contribution in [0.4, 0.5) is 5.69 Å². The minimum atomic E-state index is -0.192. The zero-order valence-corrected chi connectivity index (χ0v) is 10.6. The summed E-state index contributed by atoms with van der Waals surface area (Å²) in [6.45, 7) is 8.33. The monoisotopic (exact) mass is 228 g/mol. The van der Waals surface area contributed by atoms with E-state index < -0.39 is 0 Å². The normalized spacial score (nSPS) is 16.0. The van der Waals surface area contributed by atoms with Crippen LogP contribution in [-0.4, -0.2) is 14.8 Å². The highest BCUT2D eigenvalue weighted by atomic mass is 15.3. The number of rotatable bonds is 0. The van der Waals surface area contributed by atoms with Gasteiger partial charge in [0.2, 0.25) is 0 Å². The Hall–Kier alpha value is -1.84. The maximum atomic E-state index is 4.28. The van der Waals surface area contributed by atoms with E-state index in [1.807, 2.05) is 6.92 Å². The fourth-order valence-corrected chi connectivity index (χ4v) is 2.39. The van der Waals surface area contributed by atoms with Gasteiger partial charge in [-0.15, -0.1) is 10.2 Å². The number of aromatic nitrogens is 3. The van der Waals surface area contributed by atoms with Crippen LogP contribution < -0.4 is 5.32 Å². The molecular formula is C13H16N4. The topological polar surface area (TPSA) is 42.7 Å². The smallest absolute Gasteiger partial charge is 0.162 e. The molecule has 0 amide bonds. The zero-order chi connectivity index (χ0) is 12.2. The van der Waals surface area contributed by atoms with Crippen molar-refractivity contribution >= 4 is 5.69 Å². The summed E-state index contributed by atoms with van der Waals surface area (Å²) in [6.07, 6.45) is 0. The van der Waals surface area contributed by atoms with E-state index in [0.29, 0.717) is 0 Å². The van der Waals surface area contributed by atoms with E-state index >= 15 is 0 Å². The summed E-state index contributed by atoms with van der Waals surface area (Å²) < 4.78 is 2.13. The Kier molecular flexibility index (Phi) is 1.88. The van der Waals surface area contributed by atoms with Crippen molar-refractivity contribution in [2.75, 3.05) is 5.32 Å². The van der Waals surface area contributed by atoms with Crippen molar-refractivity contribution in [3.05, 3.63) is 35.4 Å². The van der Waals surface area contributed by atoms with Crippen LogP contribution in [-0.2, 0) is 5.54 Å². The van der Waals surface area contributed by atoms with Gasteiger partial charge in [-0.1, -0.05) is 6.07 Å². The third kappa shape index (κ3) is 1.37. The van der Waals surface area contributed by atoms with Crippen molar-refractivity contribution in [2.24, 2.45) is 0 Å². The highest BCUT2D eigenvalue weighted by Gasteiger charge is 2.33. The first-order valence-electron chi connectivity index (χ1n) is 5.81. The number of nitrogens with zero attached hydrogens (tertiary/aromatic N) is 3. The van der Waals surface area contributed by atoms with Gasteiger partial charge < -0.3 is 5.32 Å². The highest BCUT2D eigenvalue weighted by molar-refractivity contribution is 5.67. The molecule has 2 aromatic rings. The lowest BCUT2D eigenvalue weighted by Gasteiger charge is -2.33. The lowest BCUT2D eigenvalue weighted by Crippen LogP contribution is -2.35. The molecule has 0 radical (unpaired) electrons. The number of benzene rings is 1. The van der Waals surface area contributed by atoms with Gasteiger partial charge in [-0.05, 0) is 45.4 Å². The van der Waals surface area contributed by atoms with Gasteiger partial charge in [-0.25, -0.2) is 0 Å². The minimum Gasteiger partial charge on any atom is -0.371 e. The van der Waals surface area contributed by atoms with Crippen LogP contribution in [0.25, 0.3) is 5.69 Å². The van der Waals surface area contributed by atoms with E-state index in [0.717, 1.165) is 23.0 Å². The van der Waals surface area contributed by atoms with E-state index in [4.69, 9.17) is 0 Å². The maximum Gasteiger partial charge on any atom is 0.162 e. The molecule has 0 bridgehead atoms. The Balaban J connectivity index is 2.34. The fraction of sp³-hybridized carbons (Fsp3) is 0.385. The first-order valence-corrected chi connectivity index (χ1v) is 5.81. The molecule has 2 heterocycles. The molecule has 1 aromatic heterocycles. The Labute approximate surface area is 101 Å². The summed E-state index contributed by atoms with van der Waals surface area (Å²) in [7, 11) is 0. The molecule has 0 saturated carbocycles. The third-order valence-electron chi connectivity index (χ3n) is 3.22. The summed E-state index contributed by atoms with van der Waals surface area (Å²) >= 11 is 0. The zero-order valence-electron chi connectivity index (χ0n) is 10.6. The molecule has 0 spiro atoms. The SMILES string of the molecule is Cc1ccc2c(c1)NC(C)(C)c1nnc(C)n1-2. The molecule has 1 N–H and O–H groups in total. The number of anilines is 1. The number of hydrogen-bond acceptors (Lipinski definition) is 3. The predicted octanol–water partition coefficient (Wildman–Crippen LogP) is 2.54. The van der Waals surface area contributed by atoms with Crippen LogP contribution in [0.15, 0.2) is 18.2 Å². The van der Waals surface area contributed by atoms with Crippen LogP contribution >= 0.6 is 0 Å². The van der Waals surface area contributed by atoms with Crippen molar-refractivity contribution in [1.82, 2.24) is 14.8 Å². The van der Waals surface area contributed by atoms with Crippen molar-refractivity contribution < 1.29 is 0 Å². The average Bonchev–Trinajstić information content (AvgIpc) is 2.61. The molecule has 1 aliphatic heterocycles. The Morgan fingerprint density at radius 3 is 2.71 bits per heavy atom. The molecule has 0 fully saturated rings. The third-order valence-corrected chi connectivity index (χ3v) is 3.22. The lowest BCUT2D eigenvalue weighted by atomic mass is 9.99. The summed E-state index contributed by atoms with van der Waals surface area (Å²) in [4.78, 5) is 0. The van der Waals surface area contributed by atoms with Gasteiger partial charge >= 0.3 is 0 Å². The second-order valence-corrected chi connectivity index (χ2v) is 5.18. The molecule has 4 nitrogen and oxygen atoms in total. The Morgan fingerprint density at radius 1 is 1.18 bits per heavy atom. The standard InChI is InChI=1S/C13H16N4/c1-8-5-6-11-10(7-8)14-13(3,4)12-16-15-9(2)17(11)12/h5-7,14H,1-4H3. The number of nitrogens with one attached hydrogen (secondary N) is 1. The molecule has 1 aliphatic rings. The second kappa shape index (κ2) is 3.09. The predicted molar refractivity (Wildman–Crippen MR) is 67.5 cm³/mol. The quantitative estimate of drug-likeness (QED) is 0.753. The van der Waals surface area contributed by atoms with E-state index in [1.165, 1.54) is 5.56 Å². The highest BCUT2D eigenvalue weighted by Crippen LogP contribution is 2.36. The van der Waals surface area contributed by atoms with Crippen LogP contribution in [0, 0.1) is 13.8 Å². The summed E-state index contributed by atoms with van der Waals surface area (Å²) in [5.41, 5.74) is 3.33. The number of hydrogen-bond donors (Lipinski definition) is 1. The summed E-state index contributed by atoms with van der Waals surface area (Å²) in [6, 6.07) is 6.40. The van der Waals surface area contributed by atoms with Crippen LogP contribution in [0.5, 0.6) is 0 Å². The molecule has 0 saturated heterocycles. The first-order chi connectivity index (χ1) is 7.99. The molecule has 3 rings (SSSR count). The van der Waals surface area contributed by atoms with Gasteiger partial charge in [-0.3, -0.25) is 4.57 Å². The van der Waals surface area contributed by atoms with Crippen molar-refractivity contribution in [2.45, 2.75) is 33.2 Å². The molecular weight excluding hydrogens is 212 g/mol. The Bertz CT molecular complexity index is 595. The van der Waals surface area contributed by atoms with E-state index in [1.54, 1.807) is 0 Å². The summed E-state index contributed by atoms with van der Waals surface area (Å²) in [5, 5.41) is 12.0. The van der Waals surface area contributed by atoms with Gasteiger partial charge in [0.25, 0.3) is 0 Å². The van der Waals surface area contributed by atoms with Crippen LogP contribution in [0.3, 0.4) is 0 Å². The van der Waals surface area contributed by atoms with Gasteiger partial charge in [0.15, 0.2) is 5.82 Å². The maximum absolute atomic E-state index is 4.28. The van der Waals surface area contributed by atoms with Crippen molar-refractivity contribution in [1.29, 1.82) is 0 Å². The van der Waals surface area contributed by atoms with Gasteiger partial charge in [0.1, 0.15) is 5.82 Å². The molecule has 4 heteroatoms. The van der Waals surface area contributed by atoms with Crippen molar-refractivity contribution in [3.8, 4) is 5.69 Å². The molecule has 88 valence electrons. The van der Waals surface area contributed by atoms with Gasteiger partial charge in [-0.2, -0.15) is 0 Å². The molecule has 0 atom stereocenters. The number of aryl methyl sites for hydroxylation is 2. The van der Waals surface area contributed by atoms with Crippen molar-refractivity contribution in [3.63, 3.8) is 0 Å². The van der Waals surface area contributed by atoms with E-state index in [9.17, 15) is 0 Å². The van der Waals surface area contributed by atoms with Gasteiger partial charge in [0.05, 0.1) is 16.9 Å². The van der Waals surface area contributed by atoms with E-state index in [-0.39, 0.29) is 5.54 Å². The van der Waals surface area contributed by atoms with E-state index in [2.05, 4.69) is 59.1 Å². The Morgan fingerprint density at radius 2 is 1.94 bits per heavy atom. The first kappa shape index (κ1) is 10.3. The van der Waals surface area contributed by atoms with Crippen LogP contribution in [0.1, 0.15) is 31.1 Å². The average molecular weight is 228 g/mol. The molecule has 1 aromatic carbocycles.